The Morgan fingerprint density at radius 3 is 2.64 bits per heavy atom. The number of carbonyl (C=O) groups excluding carboxylic acids is 1. The Kier molecular flexibility index (Phi) is 8.76. The van der Waals surface area contributed by atoms with E-state index in [-0.39, 0.29) is 0 Å². The van der Waals surface area contributed by atoms with E-state index in [1.807, 2.05) is 43.5 Å². The van der Waals surface area contributed by atoms with Gasteiger partial charge in [-0.2, -0.15) is 16.5 Å². The monoisotopic (exact) mass is 482 g/mol. The van der Waals surface area contributed by atoms with E-state index in [0.717, 1.165) is 22.2 Å². The fraction of sp³-hybridized carbons (Fsp3) is 0.208. The third-order valence-corrected chi connectivity index (χ3v) is 6.43. The Labute approximate surface area is 198 Å². The van der Waals surface area contributed by atoms with Crippen LogP contribution in [0.5, 0.6) is 0 Å². The largest absolute Gasteiger partial charge is 0.325 e. The van der Waals surface area contributed by atoms with Crippen LogP contribution in [0.15, 0.2) is 72.3 Å². The summed E-state index contributed by atoms with van der Waals surface area (Å²) < 4.78 is 27.7. The SMILES string of the molecule is CSCCC(NS(=O)(=O)/C=C/c1ccccc1)C(=O)Nc1cccc(-c2ccnc(C)n2)c1. The summed E-state index contributed by atoms with van der Waals surface area (Å²) in [6.45, 7) is 1.81. The fourth-order valence-corrected chi connectivity index (χ4v) is 4.56. The first-order valence-electron chi connectivity index (χ1n) is 10.3. The van der Waals surface area contributed by atoms with Crippen molar-refractivity contribution in [1.29, 1.82) is 0 Å². The number of benzene rings is 2. The minimum atomic E-state index is -3.82. The van der Waals surface area contributed by atoms with Crippen molar-refractivity contribution >= 4 is 39.5 Å². The van der Waals surface area contributed by atoms with Gasteiger partial charge in [-0.1, -0.05) is 42.5 Å². The first-order chi connectivity index (χ1) is 15.9. The lowest BCUT2D eigenvalue weighted by molar-refractivity contribution is -0.117. The number of amides is 1. The quantitative estimate of drug-likeness (QED) is 0.451. The van der Waals surface area contributed by atoms with Gasteiger partial charge >= 0.3 is 0 Å². The van der Waals surface area contributed by atoms with Gasteiger partial charge < -0.3 is 5.32 Å². The molecular weight excluding hydrogens is 456 g/mol. The van der Waals surface area contributed by atoms with Crippen LogP contribution in [-0.2, 0) is 14.8 Å². The highest BCUT2D eigenvalue weighted by Gasteiger charge is 2.23. The van der Waals surface area contributed by atoms with Gasteiger partial charge in [0.15, 0.2) is 0 Å². The summed E-state index contributed by atoms with van der Waals surface area (Å²) >= 11 is 1.54. The number of hydrogen-bond donors (Lipinski definition) is 2. The van der Waals surface area contributed by atoms with Crippen LogP contribution in [0.3, 0.4) is 0 Å². The molecule has 1 aromatic heterocycles. The van der Waals surface area contributed by atoms with Crippen LogP contribution in [-0.4, -0.2) is 42.3 Å². The topological polar surface area (TPSA) is 101 Å². The first-order valence-corrected chi connectivity index (χ1v) is 13.3. The average molecular weight is 483 g/mol. The second-order valence-corrected chi connectivity index (χ2v) is 9.85. The summed E-state index contributed by atoms with van der Waals surface area (Å²) in [4.78, 5) is 21.5. The molecule has 1 atom stereocenters. The smallest absolute Gasteiger partial charge is 0.242 e. The summed E-state index contributed by atoms with van der Waals surface area (Å²) in [6.07, 6.45) is 5.44. The molecule has 0 aliphatic rings. The van der Waals surface area contributed by atoms with Crippen LogP contribution >= 0.6 is 11.8 Å². The number of carbonyl (C=O) groups is 1. The molecule has 1 heterocycles. The molecule has 3 rings (SSSR count). The van der Waals surface area contributed by atoms with E-state index >= 15 is 0 Å². The highest BCUT2D eigenvalue weighted by Crippen LogP contribution is 2.21. The summed E-state index contributed by atoms with van der Waals surface area (Å²) in [5.41, 5.74) is 2.88. The van der Waals surface area contributed by atoms with Crippen molar-refractivity contribution in [2.75, 3.05) is 17.3 Å². The number of anilines is 1. The zero-order valence-corrected chi connectivity index (χ0v) is 20.1. The normalized spacial score (nSPS) is 12.5. The summed E-state index contributed by atoms with van der Waals surface area (Å²) in [5, 5.41) is 3.91. The lowest BCUT2D eigenvalue weighted by Crippen LogP contribution is -2.43. The molecule has 0 aliphatic heterocycles. The molecule has 0 radical (unpaired) electrons. The molecule has 33 heavy (non-hydrogen) atoms. The van der Waals surface area contributed by atoms with Crippen LogP contribution < -0.4 is 10.0 Å². The van der Waals surface area contributed by atoms with Gasteiger partial charge in [-0.3, -0.25) is 4.79 Å². The predicted octanol–water partition coefficient (Wildman–Crippen LogP) is 4.10. The van der Waals surface area contributed by atoms with Gasteiger partial charge in [0.05, 0.1) is 5.69 Å². The zero-order chi connectivity index (χ0) is 23.7. The second kappa shape index (κ2) is 11.7. The van der Waals surface area contributed by atoms with Gasteiger partial charge in [-0.25, -0.2) is 18.4 Å². The van der Waals surface area contributed by atoms with Crippen LogP contribution in [0, 0.1) is 6.92 Å². The van der Waals surface area contributed by atoms with Crippen LogP contribution in [0.2, 0.25) is 0 Å². The summed E-state index contributed by atoms with van der Waals surface area (Å²) in [7, 11) is -3.82. The lowest BCUT2D eigenvalue weighted by atomic mass is 10.1. The minimum Gasteiger partial charge on any atom is -0.325 e. The van der Waals surface area contributed by atoms with Crippen LogP contribution in [0.25, 0.3) is 17.3 Å². The molecule has 0 aliphatic carbocycles. The maximum atomic E-state index is 13.0. The Morgan fingerprint density at radius 2 is 1.91 bits per heavy atom. The van der Waals surface area contributed by atoms with Gasteiger partial charge in [-0.15, -0.1) is 0 Å². The summed E-state index contributed by atoms with van der Waals surface area (Å²) in [5.74, 6) is 0.859. The van der Waals surface area contributed by atoms with Crippen molar-refractivity contribution in [2.24, 2.45) is 0 Å². The number of nitrogens with zero attached hydrogens (tertiary/aromatic N) is 2. The van der Waals surface area contributed by atoms with Crippen molar-refractivity contribution in [2.45, 2.75) is 19.4 Å². The maximum Gasteiger partial charge on any atom is 0.242 e. The maximum absolute atomic E-state index is 13.0. The van der Waals surface area contributed by atoms with E-state index < -0.39 is 22.0 Å². The Bertz CT molecular complexity index is 1220. The second-order valence-electron chi connectivity index (χ2n) is 7.27. The van der Waals surface area contributed by atoms with Crippen molar-refractivity contribution < 1.29 is 13.2 Å². The van der Waals surface area contributed by atoms with Crippen LogP contribution in [0.1, 0.15) is 17.8 Å². The van der Waals surface area contributed by atoms with E-state index in [0.29, 0.717) is 23.7 Å². The standard InChI is InChI=1S/C24H26N4O3S2/c1-18-25-14-11-22(26-18)20-9-6-10-21(17-20)27-24(29)23(12-15-32-2)28-33(30,31)16-13-19-7-4-3-5-8-19/h3-11,13-14,16-17,23,28H,12,15H2,1-2H3,(H,27,29)/b16-13+. The Morgan fingerprint density at radius 1 is 1.12 bits per heavy atom. The van der Waals surface area contributed by atoms with Gasteiger partial charge in [0.25, 0.3) is 0 Å². The molecule has 0 bridgehead atoms. The molecule has 0 spiro atoms. The number of thioether (sulfide) groups is 1. The molecule has 172 valence electrons. The molecule has 0 saturated carbocycles. The number of nitrogens with one attached hydrogen (secondary N) is 2. The third-order valence-electron chi connectivity index (χ3n) is 4.67. The molecule has 9 heteroatoms. The molecular formula is C24H26N4O3S2. The summed E-state index contributed by atoms with van der Waals surface area (Å²) in [6, 6.07) is 17.2. The van der Waals surface area contributed by atoms with Crippen LogP contribution in [0.4, 0.5) is 5.69 Å². The number of sulfonamides is 1. The number of rotatable bonds is 10. The molecule has 7 nitrogen and oxygen atoms in total. The van der Waals surface area contributed by atoms with E-state index in [2.05, 4.69) is 20.0 Å². The van der Waals surface area contributed by atoms with Crippen molar-refractivity contribution in [1.82, 2.24) is 14.7 Å². The number of aromatic nitrogens is 2. The average Bonchev–Trinajstić information content (AvgIpc) is 2.81. The zero-order valence-electron chi connectivity index (χ0n) is 18.4. The third kappa shape index (κ3) is 7.81. The Hall–Kier alpha value is -3.01. The Balaban J connectivity index is 1.74. The van der Waals surface area contributed by atoms with Crippen molar-refractivity contribution in [3.63, 3.8) is 0 Å². The van der Waals surface area contributed by atoms with E-state index in [4.69, 9.17) is 0 Å². The molecule has 0 saturated heterocycles. The minimum absolute atomic E-state index is 0.357. The van der Waals surface area contributed by atoms with Gasteiger partial charge in [-0.05, 0) is 55.2 Å². The van der Waals surface area contributed by atoms with Gasteiger partial charge in [0, 0.05) is 22.9 Å². The predicted molar refractivity (Wildman–Crippen MR) is 135 cm³/mol. The molecule has 2 N–H and O–H groups in total. The van der Waals surface area contributed by atoms with Gasteiger partial charge in [0.1, 0.15) is 11.9 Å². The molecule has 3 aromatic rings. The first kappa shape index (κ1) is 24.6. The number of aryl methyl sites for hydroxylation is 1. The molecule has 1 amide bonds. The van der Waals surface area contributed by atoms with Crippen molar-refractivity contribution in [3.05, 3.63) is 83.7 Å². The van der Waals surface area contributed by atoms with E-state index in [1.165, 1.54) is 6.08 Å². The van der Waals surface area contributed by atoms with Crippen molar-refractivity contribution in [3.8, 4) is 11.3 Å². The molecule has 2 aromatic carbocycles. The number of hydrogen-bond acceptors (Lipinski definition) is 6. The van der Waals surface area contributed by atoms with E-state index in [9.17, 15) is 13.2 Å². The molecule has 0 fully saturated rings. The van der Waals surface area contributed by atoms with Gasteiger partial charge in [0.2, 0.25) is 15.9 Å². The lowest BCUT2D eigenvalue weighted by Gasteiger charge is -2.17. The highest BCUT2D eigenvalue weighted by atomic mass is 32.2. The van der Waals surface area contributed by atoms with E-state index in [1.54, 1.807) is 48.3 Å². The highest BCUT2D eigenvalue weighted by molar-refractivity contribution is 7.98. The molecule has 1 unspecified atom stereocenters. The fourth-order valence-electron chi connectivity index (χ4n) is 3.05.